The Kier molecular flexibility index (Phi) is 3.26. The Morgan fingerprint density at radius 2 is 1.61 bits per heavy atom. The molecule has 0 saturated heterocycles. The average molecular weight is 316 g/mol. The summed E-state index contributed by atoms with van der Waals surface area (Å²) in [5.41, 5.74) is 2.27. The smallest absolute Gasteiger partial charge is 0.0802 e. The van der Waals surface area contributed by atoms with Gasteiger partial charge in [-0.15, -0.1) is 11.3 Å². The highest BCUT2D eigenvalue weighted by molar-refractivity contribution is 9.10. The van der Waals surface area contributed by atoms with Crippen molar-refractivity contribution in [1.29, 1.82) is 0 Å². The van der Waals surface area contributed by atoms with Gasteiger partial charge in [0.1, 0.15) is 0 Å². The molecule has 1 aromatic carbocycles. The minimum atomic E-state index is 1.01. The number of hydrogen-bond acceptors (Lipinski definition) is 2. The van der Waals surface area contributed by atoms with Crippen LogP contribution in [-0.4, -0.2) is 4.98 Å². The molecule has 0 aliphatic rings. The van der Waals surface area contributed by atoms with Gasteiger partial charge in [0.15, 0.2) is 0 Å². The highest BCUT2D eigenvalue weighted by atomic mass is 79.9. The Labute approximate surface area is 118 Å². The van der Waals surface area contributed by atoms with Crippen molar-refractivity contribution in [2.24, 2.45) is 0 Å². The average Bonchev–Trinajstić information content (AvgIpc) is 2.90. The van der Waals surface area contributed by atoms with Crippen LogP contribution in [0.2, 0.25) is 0 Å². The molecule has 0 bridgehead atoms. The van der Waals surface area contributed by atoms with E-state index in [1.54, 1.807) is 11.3 Å². The number of halogens is 1. The van der Waals surface area contributed by atoms with E-state index in [-0.39, 0.29) is 0 Å². The van der Waals surface area contributed by atoms with Crippen molar-refractivity contribution in [1.82, 2.24) is 4.98 Å². The number of thiophene rings is 1. The first kappa shape index (κ1) is 11.6. The Morgan fingerprint density at radius 3 is 2.33 bits per heavy atom. The molecule has 0 amide bonds. The zero-order valence-corrected chi connectivity index (χ0v) is 11.9. The van der Waals surface area contributed by atoms with Gasteiger partial charge in [0.2, 0.25) is 0 Å². The molecule has 2 heterocycles. The summed E-state index contributed by atoms with van der Waals surface area (Å²) in [4.78, 5) is 6.89. The number of benzene rings is 1. The van der Waals surface area contributed by atoms with Gasteiger partial charge >= 0.3 is 0 Å². The lowest BCUT2D eigenvalue weighted by molar-refractivity contribution is 1.32. The molecule has 0 unspecified atom stereocenters. The first-order valence-corrected chi connectivity index (χ1v) is 7.21. The molecule has 1 nitrogen and oxygen atoms in total. The summed E-state index contributed by atoms with van der Waals surface area (Å²) < 4.78 is 1.01. The highest BCUT2D eigenvalue weighted by Gasteiger charge is 2.05. The lowest BCUT2D eigenvalue weighted by Gasteiger charge is -1.97. The quantitative estimate of drug-likeness (QED) is 0.630. The molecule has 0 fully saturated rings. The topological polar surface area (TPSA) is 12.9 Å². The van der Waals surface area contributed by atoms with E-state index in [1.807, 2.05) is 24.4 Å². The van der Waals surface area contributed by atoms with Gasteiger partial charge in [-0.2, -0.15) is 0 Å². The molecule has 3 heteroatoms. The summed E-state index contributed by atoms with van der Waals surface area (Å²) in [6.45, 7) is 0. The van der Waals surface area contributed by atoms with E-state index in [9.17, 15) is 0 Å². The molecule has 18 heavy (non-hydrogen) atoms. The first-order chi connectivity index (χ1) is 8.83. The van der Waals surface area contributed by atoms with Crippen molar-refractivity contribution in [3.05, 3.63) is 65.3 Å². The molecular formula is C15H10BrNS. The van der Waals surface area contributed by atoms with Crippen LogP contribution in [0.1, 0.15) is 0 Å². The standard InChI is InChI=1S/C15H10BrNS/c16-12-6-7-13(17-10-12)15-9-8-14(18-15)11-4-2-1-3-5-11/h1-10H. The molecule has 0 aliphatic heterocycles. The second-order valence-corrected chi connectivity index (χ2v) is 5.89. The molecule has 3 rings (SSSR count). The minimum absolute atomic E-state index is 1.01. The van der Waals surface area contributed by atoms with Gasteiger partial charge in [-0.05, 0) is 45.8 Å². The van der Waals surface area contributed by atoms with Crippen molar-refractivity contribution in [2.75, 3.05) is 0 Å². The summed E-state index contributed by atoms with van der Waals surface area (Å²) in [5.74, 6) is 0. The molecular weight excluding hydrogens is 306 g/mol. The zero-order valence-electron chi connectivity index (χ0n) is 9.51. The number of rotatable bonds is 2. The molecule has 88 valence electrons. The predicted octanol–water partition coefficient (Wildman–Crippen LogP) is 5.24. The fraction of sp³-hybridized carbons (Fsp3) is 0. The molecule has 0 radical (unpaired) electrons. The van der Waals surface area contributed by atoms with Gasteiger partial charge in [0.25, 0.3) is 0 Å². The van der Waals surface area contributed by atoms with E-state index in [0.29, 0.717) is 0 Å². The number of aromatic nitrogens is 1. The lowest BCUT2D eigenvalue weighted by atomic mass is 10.2. The normalized spacial score (nSPS) is 10.5. The summed E-state index contributed by atoms with van der Waals surface area (Å²) >= 11 is 5.17. The van der Waals surface area contributed by atoms with Crippen molar-refractivity contribution in [3.8, 4) is 21.0 Å². The number of hydrogen-bond donors (Lipinski definition) is 0. The first-order valence-electron chi connectivity index (χ1n) is 5.60. The van der Waals surface area contributed by atoms with E-state index in [2.05, 4.69) is 57.3 Å². The van der Waals surface area contributed by atoms with Crippen LogP contribution < -0.4 is 0 Å². The van der Waals surface area contributed by atoms with Gasteiger partial charge in [0, 0.05) is 15.5 Å². The summed E-state index contributed by atoms with van der Waals surface area (Å²) in [6.07, 6.45) is 1.83. The third-order valence-electron chi connectivity index (χ3n) is 2.64. The van der Waals surface area contributed by atoms with Gasteiger partial charge in [-0.1, -0.05) is 30.3 Å². The molecule has 0 aliphatic carbocycles. The maximum atomic E-state index is 4.42. The molecule has 3 aromatic rings. The molecule has 0 spiro atoms. The van der Waals surface area contributed by atoms with Crippen molar-refractivity contribution < 1.29 is 0 Å². The molecule has 0 N–H and O–H groups in total. The van der Waals surface area contributed by atoms with Crippen molar-refractivity contribution in [2.45, 2.75) is 0 Å². The summed E-state index contributed by atoms with van der Waals surface area (Å²) in [6, 6.07) is 18.7. The van der Waals surface area contributed by atoms with Crippen molar-refractivity contribution >= 4 is 27.3 Å². The Hall–Kier alpha value is -1.45. The molecule has 0 atom stereocenters. The molecule has 2 aromatic heterocycles. The second-order valence-electron chi connectivity index (χ2n) is 3.89. The third-order valence-corrected chi connectivity index (χ3v) is 4.27. The van der Waals surface area contributed by atoms with Crippen LogP contribution in [0.4, 0.5) is 0 Å². The monoisotopic (exact) mass is 315 g/mol. The van der Waals surface area contributed by atoms with E-state index in [4.69, 9.17) is 0 Å². The van der Waals surface area contributed by atoms with Crippen LogP contribution in [-0.2, 0) is 0 Å². The van der Waals surface area contributed by atoms with Crippen LogP contribution >= 0.6 is 27.3 Å². The SMILES string of the molecule is Brc1ccc(-c2ccc(-c3ccccc3)s2)nc1. The maximum absolute atomic E-state index is 4.42. The van der Waals surface area contributed by atoms with Gasteiger partial charge in [-0.3, -0.25) is 4.98 Å². The van der Waals surface area contributed by atoms with Crippen molar-refractivity contribution in [3.63, 3.8) is 0 Å². The zero-order chi connectivity index (χ0) is 12.4. The summed E-state index contributed by atoms with van der Waals surface area (Å²) in [7, 11) is 0. The van der Waals surface area contributed by atoms with Gasteiger partial charge in [0.05, 0.1) is 10.6 Å². The second kappa shape index (κ2) is 5.04. The van der Waals surface area contributed by atoms with E-state index in [0.717, 1.165) is 10.2 Å². The largest absolute Gasteiger partial charge is 0.254 e. The van der Waals surface area contributed by atoms with Gasteiger partial charge < -0.3 is 0 Å². The van der Waals surface area contributed by atoms with E-state index in [1.165, 1.54) is 15.3 Å². The fourth-order valence-electron chi connectivity index (χ4n) is 1.75. The van der Waals surface area contributed by atoms with E-state index < -0.39 is 0 Å². The lowest BCUT2D eigenvalue weighted by Crippen LogP contribution is -1.77. The molecule has 0 saturated carbocycles. The predicted molar refractivity (Wildman–Crippen MR) is 80.7 cm³/mol. The Morgan fingerprint density at radius 1 is 0.833 bits per heavy atom. The third kappa shape index (κ3) is 2.37. The number of pyridine rings is 1. The fourth-order valence-corrected chi connectivity index (χ4v) is 2.98. The Bertz CT molecular complexity index is 644. The summed E-state index contributed by atoms with van der Waals surface area (Å²) in [5, 5.41) is 0. The van der Waals surface area contributed by atoms with Crippen LogP contribution in [0.5, 0.6) is 0 Å². The minimum Gasteiger partial charge on any atom is -0.254 e. The maximum Gasteiger partial charge on any atom is 0.0802 e. The highest BCUT2D eigenvalue weighted by Crippen LogP contribution is 2.33. The van der Waals surface area contributed by atoms with Crippen LogP contribution in [0.25, 0.3) is 21.0 Å². The number of nitrogens with zero attached hydrogens (tertiary/aromatic N) is 1. The van der Waals surface area contributed by atoms with Gasteiger partial charge in [-0.25, -0.2) is 0 Å². The Balaban J connectivity index is 1.97. The van der Waals surface area contributed by atoms with E-state index >= 15 is 0 Å². The van der Waals surface area contributed by atoms with Crippen LogP contribution in [0.3, 0.4) is 0 Å². The van der Waals surface area contributed by atoms with Crippen LogP contribution in [0.15, 0.2) is 65.3 Å². The van der Waals surface area contributed by atoms with Crippen LogP contribution in [0, 0.1) is 0 Å².